The first kappa shape index (κ1) is 21.1. The van der Waals surface area contributed by atoms with E-state index in [2.05, 4.69) is 15.0 Å². The van der Waals surface area contributed by atoms with E-state index in [1.165, 1.54) is 17.3 Å². The third-order valence-corrected chi connectivity index (χ3v) is 4.37. The summed E-state index contributed by atoms with van der Waals surface area (Å²) in [6.07, 6.45) is 6.48. The Bertz CT molecular complexity index is 786. The van der Waals surface area contributed by atoms with Gasteiger partial charge in [0.2, 0.25) is 6.41 Å². The molecule has 0 saturated carbocycles. The van der Waals surface area contributed by atoms with Crippen LogP contribution in [0.5, 0.6) is 0 Å². The number of aromatic nitrogens is 1. The lowest BCUT2D eigenvalue weighted by atomic mass is 10.1. The molecule has 1 atom stereocenters. The van der Waals surface area contributed by atoms with E-state index in [0.29, 0.717) is 48.6 Å². The number of nitrogens with two attached hydrogens (primary N) is 2. The van der Waals surface area contributed by atoms with Crippen LogP contribution >= 0.6 is 0 Å². The molecule has 1 aromatic rings. The highest BCUT2D eigenvalue weighted by Crippen LogP contribution is 2.21. The molecule has 0 aromatic carbocycles. The molecule has 2 heterocycles. The van der Waals surface area contributed by atoms with Gasteiger partial charge in [-0.2, -0.15) is 0 Å². The highest BCUT2D eigenvalue weighted by atomic mass is 19.1. The van der Waals surface area contributed by atoms with Gasteiger partial charge in [0, 0.05) is 50.5 Å². The van der Waals surface area contributed by atoms with E-state index in [1.807, 2.05) is 17.0 Å². The number of carbonyl (C=O) groups excluding carboxylic acids is 1. The fraction of sp³-hybridized carbons (Fsp3) is 0.368. The van der Waals surface area contributed by atoms with Gasteiger partial charge in [-0.05, 0) is 24.6 Å². The summed E-state index contributed by atoms with van der Waals surface area (Å²) >= 11 is 0. The SMILES string of the molecule is CN=C/C(=C\N)N(C=O)CC(/C=C(\N)c1ccc(N2CC[C@H](F)C2)nc1)=NC. The van der Waals surface area contributed by atoms with Gasteiger partial charge in [0.1, 0.15) is 12.0 Å². The number of halogens is 1. The Kier molecular flexibility index (Phi) is 7.67. The predicted molar refractivity (Wildman–Crippen MR) is 111 cm³/mol. The Balaban J connectivity index is 2.12. The van der Waals surface area contributed by atoms with Crippen molar-refractivity contribution in [1.82, 2.24) is 9.88 Å². The van der Waals surface area contributed by atoms with Crippen molar-refractivity contribution in [2.45, 2.75) is 12.6 Å². The van der Waals surface area contributed by atoms with Crippen molar-refractivity contribution in [2.24, 2.45) is 21.5 Å². The summed E-state index contributed by atoms with van der Waals surface area (Å²) in [6.45, 7) is 1.21. The Labute approximate surface area is 164 Å². The van der Waals surface area contributed by atoms with Crippen LogP contribution in [-0.2, 0) is 4.79 Å². The normalized spacial score (nSPS) is 18.8. The molecule has 1 amide bonds. The average molecular weight is 387 g/mol. The number of amides is 1. The lowest BCUT2D eigenvalue weighted by Gasteiger charge is -2.18. The maximum Gasteiger partial charge on any atom is 0.214 e. The number of hydrogen-bond donors (Lipinski definition) is 2. The zero-order chi connectivity index (χ0) is 20.5. The molecule has 1 aliphatic rings. The van der Waals surface area contributed by atoms with Gasteiger partial charge in [-0.3, -0.25) is 14.8 Å². The quantitative estimate of drug-likeness (QED) is 0.509. The molecular formula is C19H26FN7O. The fourth-order valence-corrected chi connectivity index (χ4v) is 2.82. The number of alkyl halides is 1. The molecule has 28 heavy (non-hydrogen) atoms. The molecule has 1 fully saturated rings. The van der Waals surface area contributed by atoms with Gasteiger partial charge in [0.25, 0.3) is 0 Å². The van der Waals surface area contributed by atoms with Crippen molar-refractivity contribution >= 4 is 29.9 Å². The van der Waals surface area contributed by atoms with Gasteiger partial charge in [-0.15, -0.1) is 0 Å². The summed E-state index contributed by atoms with van der Waals surface area (Å²) < 4.78 is 13.4. The number of anilines is 1. The van der Waals surface area contributed by atoms with Crippen LogP contribution < -0.4 is 16.4 Å². The second-order valence-electron chi connectivity index (χ2n) is 6.26. The van der Waals surface area contributed by atoms with E-state index in [1.54, 1.807) is 26.4 Å². The molecule has 2 rings (SSSR count). The molecule has 4 N–H and O–H groups in total. The molecule has 1 aromatic heterocycles. The van der Waals surface area contributed by atoms with Gasteiger partial charge in [0.05, 0.1) is 24.5 Å². The first-order chi connectivity index (χ1) is 13.5. The van der Waals surface area contributed by atoms with Crippen LogP contribution in [-0.4, -0.2) is 68.1 Å². The molecule has 8 nitrogen and oxygen atoms in total. The zero-order valence-electron chi connectivity index (χ0n) is 16.1. The Morgan fingerprint density at radius 2 is 2.25 bits per heavy atom. The standard InChI is InChI=1S/C19H26FN7O/c1-23-10-17(8-21)27(13-28)12-16(24-2)7-18(22)14-3-4-19(25-9-14)26-6-5-15(20)11-26/h3-4,7-10,13,15H,5-6,11-12,21-22H2,1-2H3/b17-8+,18-7-,23-10?,24-16?/t15-/m0/s1. The molecular weight excluding hydrogens is 361 g/mol. The van der Waals surface area contributed by atoms with E-state index >= 15 is 0 Å². The van der Waals surface area contributed by atoms with E-state index in [0.717, 1.165) is 5.82 Å². The lowest BCUT2D eigenvalue weighted by Crippen LogP contribution is -2.29. The summed E-state index contributed by atoms with van der Waals surface area (Å²) in [5, 5.41) is 0. The van der Waals surface area contributed by atoms with Crippen LogP contribution in [0, 0.1) is 0 Å². The zero-order valence-corrected chi connectivity index (χ0v) is 16.1. The highest BCUT2D eigenvalue weighted by molar-refractivity contribution is 6.03. The van der Waals surface area contributed by atoms with Crippen molar-refractivity contribution in [3.8, 4) is 0 Å². The first-order valence-corrected chi connectivity index (χ1v) is 8.86. The summed E-state index contributed by atoms with van der Waals surface area (Å²) in [4.78, 5) is 27.1. The smallest absolute Gasteiger partial charge is 0.214 e. The van der Waals surface area contributed by atoms with E-state index in [9.17, 15) is 9.18 Å². The Morgan fingerprint density at radius 3 is 2.75 bits per heavy atom. The van der Waals surface area contributed by atoms with Crippen molar-refractivity contribution in [3.05, 3.63) is 41.9 Å². The van der Waals surface area contributed by atoms with Gasteiger partial charge >= 0.3 is 0 Å². The van der Waals surface area contributed by atoms with Crippen molar-refractivity contribution in [1.29, 1.82) is 0 Å². The number of pyridine rings is 1. The lowest BCUT2D eigenvalue weighted by molar-refractivity contribution is -0.115. The van der Waals surface area contributed by atoms with Gasteiger partial charge in [-0.25, -0.2) is 9.37 Å². The van der Waals surface area contributed by atoms with Gasteiger partial charge in [0.15, 0.2) is 0 Å². The van der Waals surface area contributed by atoms with Gasteiger partial charge < -0.3 is 21.3 Å². The number of rotatable bonds is 8. The molecule has 0 spiro atoms. The monoisotopic (exact) mass is 387 g/mol. The third-order valence-electron chi connectivity index (χ3n) is 4.37. The highest BCUT2D eigenvalue weighted by Gasteiger charge is 2.22. The minimum atomic E-state index is -0.805. The number of aliphatic imine (C=N–C) groups is 2. The molecule has 0 aliphatic carbocycles. The molecule has 150 valence electrons. The summed E-state index contributed by atoms with van der Waals surface area (Å²) in [5.74, 6) is 0.727. The second kappa shape index (κ2) is 10.2. The molecule has 0 radical (unpaired) electrons. The minimum Gasteiger partial charge on any atom is -0.403 e. The van der Waals surface area contributed by atoms with E-state index in [-0.39, 0.29) is 6.54 Å². The summed E-state index contributed by atoms with van der Waals surface area (Å²) in [6, 6.07) is 3.65. The number of nitrogens with zero attached hydrogens (tertiary/aromatic N) is 5. The number of hydrogen-bond acceptors (Lipinski definition) is 7. The van der Waals surface area contributed by atoms with Crippen LogP contribution in [0.1, 0.15) is 12.0 Å². The Hall–Kier alpha value is -3.23. The predicted octanol–water partition coefficient (Wildman–Crippen LogP) is 0.959. The minimum absolute atomic E-state index is 0.187. The second-order valence-corrected chi connectivity index (χ2v) is 6.26. The maximum absolute atomic E-state index is 13.4. The van der Waals surface area contributed by atoms with Crippen molar-refractivity contribution < 1.29 is 9.18 Å². The first-order valence-electron chi connectivity index (χ1n) is 8.86. The number of allylic oxidation sites excluding steroid dienone is 1. The van der Waals surface area contributed by atoms with Crippen LogP contribution in [0.4, 0.5) is 10.2 Å². The maximum atomic E-state index is 13.4. The van der Waals surface area contributed by atoms with Crippen LogP contribution in [0.3, 0.4) is 0 Å². The van der Waals surface area contributed by atoms with Crippen LogP contribution in [0.25, 0.3) is 5.70 Å². The topological polar surface area (TPSA) is 113 Å². The molecule has 0 unspecified atom stereocenters. The number of carbonyl (C=O) groups is 1. The van der Waals surface area contributed by atoms with E-state index < -0.39 is 6.17 Å². The largest absolute Gasteiger partial charge is 0.403 e. The molecule has 0 bridgehead atoms. The van der Waals surface area contributed by atoms with Crippen molar-refractivity contribution in [2.75, 3.05) is 38.6 Å². The Morgan fingerprint density at radius 1 is 1.46 bits per heavy atom. The summed E-state index contributed by atoms with van der Waals surface area (Å²) in [5.41, 5.74) is 13.9. The molecule has 1 aliphatic heterocycles. The molecule has 9 heteroatoms. The molecule has 1 saturated heterocycles. The third kappa shape index (κ3) is 5.38. The van der Waals surface area contributed by atoms with E-state index in [4.69, 9.17) is 11.5 Å². The van der Waals surface area contributed by atoms with Crippen LogP contribution in [0.2, 0.25) is 0 Å². The van der Waals surface area contributed by atoms with Crippen LogP contribution in [0.15, 0.2) is 46.3 Å². The van der Waals surface area contributed by atoms with Gasteiger partial charge in [-0.1, -0.05) is 0 Å². The fourth-order valence-electron chi connectivity index (χ4n) is 2.82. The van der Waals surface area contributed by atoms with Crippen molar-refractivity contribution in [3.63, 3.8) is 0 Å². The average Bonchev–Trinajstić information content (AvgIpc) is 3.15. The summed E-state index contributed by atoms with van der Waals surface area (Å²) in [7, 11) is 3.20.